The van der Waals surface area contributed by atoms with E-state index >= 15 is 0 Å². The SMILES string of the molecule is CC(C(=O)O)C1CCC(C23CCC(=O)C(C)(C)C2C(=O)OC3)C(C(=O)O)C1. The maximum absolute atomic E-state index is 12.6. The van der Waals surface area contributed by atoms with Gasteiger partial charge in [0.05, 0.1) is 24.4 Å². The minimum absolute atomic E-state index is 0.0158. The van der Waals surface area contributed by atoms with E-state index in [9.17, 15) is 29.4 Å². The van der Waals surface area contributed by atoms with E-state index < -0.39 is 46.5 Å². The molecule has 3 rings (SSSR count). The van der Waals surface area contributed by atoms with Crippen LogP contribution in [0.1, 0.15) is 52.9 Å². The van der Waals surface area contributed by atoms with Crippen molar-refractivity contribution in [3.05, 3.63) is 0 Å². The van der Waals surface area contributed by atoms with Gasteiger partial charge in [-0.1, -0.05) is 20.8 Å². The highest BCUT2D eigenvalue weighted by Crippen LogP contribution is 2.61. The molecule has 7 nitrogen and oxygen atoms in total. The Morgan fingerprint density at radius 3 is 2.44 bits per heavy atom. The second kappa shape index (κ2) is 6.60. The number of carboxylic acids is 2. The minimum atomic E-state index is -0.954. The summed E-state index contributed by atoms with van der Waals surface area (Å²) in [4.78, 5) is 48.5. The molecule has 2 saturated carbocycles. The molecule has 1 heterocycles. The number of Topliss-reactive ketones (excluding diaryl/α,β-unsaturated/α-hetero) is 1. The molecule has 3 fully saturated rings. The molecule has 150 valence electrons. The lowest BCUT2D eigenvalue weighted by Gasteiger charge is -2.52. The smallest absolute Gasteiger partial charge is 0.310 e. The number of carboxylic acid groups (broad SMARTS) is 2. The quantitative estimate of drug-likeness (QED) is 0.719. The zero-order chi connectivity index (χ0) is 20.1. The third-order valence-corrected chi connectivity index (χ3v) is 7.59. The van der Waals surface area contributed by atoms with E-state index in [1.54, 1.807) is 20.8 Å². The molecule has 3 aliphatic rings. The zero-order valence-corrected chi connectivity index (χ0v) is 16.1. The van der Waals surface area contributed by atoms with Gasteiger partial charge in [0, 0.05) is 17.3 Å². The van der Waals surface area contributed by atoms with Crippen molar-refractivity contribution in [3.63, 3.8) is 0 Å². The number of ether oxygens (including phenoxy) is 1. The molecule has 0 aromatic carbocycles. The second-order valence-corrected chi connectivity index (χ2v) is 9.17. The monoisotopic (exact) mass is 380 g/mol. The molecule has 1 saturated heterocycles. The Kier molecular flexibility index (Phi) is 4.85. The average molecular weight is 380 g/mol. The molecule has 0 radical (unpaired) electrons. The van der Waals surface area contributed by atoms with Crippen LogP contribution < -0.4 is 0 Å². The summed E-state index contributed by atoms with van der Waals surface area (Å²) in [7, 11) is 0. The van der Waals surface area contributed by atoms with Gasteiger partial charge in [-0.3, -0.25) is 19.2 Å². The van der Waals surface area contributed by atoms with Crippen molar-refractivity contribution in [3.8, 4) is 0 Å². The van der Waals surface area contributed by atoms with E-state index in [-0.39, 0.29) is 30.6 Å². The fourth-order valence-electron chi connectivity index (χ4n) is 5.99. The van der Waals surface area contributed by atoms with Crippen molar-refractivity contribution in [2.24, 2.45) is 40.4 Å². The van der Waals surface area contributed by atoms with Crippen molar-refractivity contribution >= 4 is 23.7 Å². The standard InChI is InChI=1S/C20H28O7/c1-10(16(22)23)11-4-5-13(12(8-11)17(24)25)20-7-6-14(21)19(2,3)15(20)18(26)27-9-20/h10-13,15H,4-9H2,1-3H3,(H,22,23)(H,24,25). The largest absolute Gasteiger partial charge is 0.481 e. The Balaban J connectivity index is 1.96. The van der Waals surface area contributed by atoms with E-state index in [1.807, 2.05) is 0 Å². The summed E-state index contributed by atoms with van der Waals surface area (Å²) in [6.45, 7) is 5.29. The lowest BCUT2D eigenvalue weighted by molar-refractivity contribution is -0.162. The number of rotatable bonds is 4. The van der Waals surface area contributed by atoms with E-state index in [1.165, 1.54) is 0 Å². The van der Waals surface area contributed by atoms with Crippen molar-refractivity contribution in [2.75, 3.05) is 6.61 Å². The van der Waals surface area contributed by atoms with Crippen LogP contribution in [0, 0.1) is 40.4 Å². The van der Waals surface area contributed by atoms with E-state index in [2.05, 4.69) is 0 Å². The Morgan fingerprint density at radius 2 is 1.85 bits per heavy atom. The summed E-state index contributed by atoms with van der Waals surface area (Å²) in [5.74, 6) is -4.72. The Hall–Kier alpha value is -1.92. The highest BCUT2D eigenvalue weighted by molar-refractivity contribution is 5.92. The number of aliphatic carboxylic acids is 2. The first kappa shape index (κ1) is 19.8. The molecule has 0 aromatic rings. The summed E-state index contributed by atoms with van der Waals surface area (Å²) in [6.07, 6.45) is 2.21. The van der Waals surface area contributed by atoms with Gasteiger partial charge in [-0.05, 0) is 37.5 Å². The van der Waals surface area contributed by atoms with E-state index in [0.717, 1.165) is 0 Å². The van der Waals surface area contributed by atoms with Gasteiger partial charge in [-0.2, -0.15) is 0 Å². The first-order valence-corrected chi connectivity index (χ1v) is 9.68. The molecule has 6 atom stereocenters. The molecular formula is C20H28O7. The summed E-state index contributed by atoms with van der Waals surface area (Å²) >= 11 is 0. The lowest BCUT2D eigenvalue weighted by Crippen LogP contribution is -2.56. The highest BCUT2D eigenvalue weighted by Gasteiger charge is 2.66. The second-order valence-electron chi connectivity index (χ2n) is 9.17. The van der Waals surface area contributed by atoms with Gasteiger partial charge in [-0.25, -0.2) is 0 Å². The number of carbonyl (C=O) groups is 4. The summed E-state index contributed by atoms with van der Waals surface area (Å²) < 4.78 is 5.40. The third-order valence-electron chi connectivity index (χ3n) is 7.59. The number of carbonyl (C=O) groups excluding carboxylic acids is 2. The van der Waals surface area contributed by atoms with Gasteiger partial charge in [0.25, 0.3) is 0 Å². The Labute approximate surface area is 158 Å². The number of esters is 1. The number of fused-ring (bicyclic) bond motifs is 1. The van der Waals surface area contributed by atoms with Gasteiger partial charge in [-0.15, -0.1) is 0 Å². The van der Waals surface area contributed by atoms with Crippen molar-refractivity contribution in [2.45, 2.75) is 52.9 Å². The molecular weight excluding hydrogens is 352 g/mol. The molecule has 0 aromatic heterocycles. The normalized spacial score (nSPS) is 39.4. The molecule has 2 N–H and O–H groups in total. The molecule has 6 unspecified atom stereocenters. The summed E-state index contributed by atoms with van der Waals surface area (Å²) in [5.41, 5.74) is -1.53. The fourth-order valence-corrected chi connectivity index (χ4v) is 5.99. The van der Waals surface area contributed by atoms with Crippen LogP contribution in [0.5, 0.6) is 0 Å². The van der Waals surface area contributed by atoms with Crippen LogP contribution >= 0.6 is 0 Å². The van der Waals surface area contributed by atoms with Crippen molar-refractivity contribution in [1.82, 2.24) is 0 Å². The Bertz CT molecular complexity index is 682. The maximum Gasteiger partial charge on any atom is 0.310 e. The minimum Gasteiger partial charge on any atom is -0.481 e. The molecule has 0 spiro atoms. The Morgan fingerprint density at radius 1 is 1.19 bits per heavy atom. The lowest BCUT2D eigenvalue weighted by atomic mass is 9.48. The molecule has 0 bridgehead atoms. The molecule has 7 heteroatoms. The number of cyclic esters (lactones) is 1. The number of ketones is 1. The molecule has 27 heavy (non-hydrogen) atoms. The first-order valence-electron chi connectivity index (χ1n) is 9.68. The van der Waals surface area contributed by atoms with Gasteiger partial charge in [0.2, 0.25) is 0 Å². The van der Waals surface area contributed by atoms with Crippen LogP contribution in [-0.2, 0) is 23.9 Å². The predicted molar refractivity (Wildman–Crippen MR) is 93.7 cm³/mol. The molecule has 1 aliphatic heterocycles. The van der Waals surface area contributed by atoms with E-state index in [0.29, 0.717) is 25.7 Å². The maximum atomic E-state index is 12.6. The molecule has 2 aliphatic carbocycles. The van der Waals surface area contributed by atoms with Crippen LogP contribution in [-0.4, -0.2) is 40.5 Å². The van der Waals surface area contributed by atoms with Gasteiger partial charge < -0.3 is 14.9 Å². The van der Waals surface area contributed by atoms with Gasteiger partial charge >= 0.3 is 17.9 Å². The summed E-state index contributed by atoms with van der Waals surface area (Å²) in [5, 5.41) is 19.2. The first-order chi connectivity index (χ1) is 12.5. The van der Waals surface area contributed by atoms with Crippen LogP contribution in [0.3, 0.4) is 0 Å². The number of hydrogen-bond donors (Lipinski definition) is 2. The zero-order valence-electron chi connectivity index (χ0n) is 16.1. The number of hydrogen-bond acceptors (Lipinski definition) is 5. The van der Waals surface area contributed by atoms with Crippen molar-refractivity contribution in [1.29, 1.82) is 0 Å². The molecule has 0 amide bonds. The fraction of sp³-hybridized carbons (Fsp3) is 0.800. The van der Waals surface area contributed by atoms with Crippen LogP contribution in [0.4, 0.5) is 0 Å². The van der Waals surface area contributed by atoms with Crippen LogP contribution in [0.2, 0.25) is 0 Å². The van der Waals surface area contributed by atoms with Crippen LogP contribution in [0.25, 0.3) is 0 Å². The predicted octanol–water partition coefficient (Wildman–Crippen LogP) is 2.37. The van der Waals surface area contributed by atoms with Crippen molar-refractivity contribution < 1.29 is 34.1 Å². The topological polar surface area (TPSA) is 118 Å². The van der Waals surface area contributed by atoms with Gasteiger partial charge in [0.15, 0.2) is 0 Å². The average Bonchev–Trinajstić information content (AvgIpc) is 2.96. The van der Waals surface area contributed by atoms with E-state index in [4.69, 9.17) is 4.74 Å². The van der Waals surface area contributed by atoms with Crippen LogP contribution in [0.15, 0.2) is 0 Å². The summed E-state index contributed by atoms with van der Waals surface area (Å²) in [6, 6.07) is 0. The third kappa shape index (κ3) is 2.95. The van der Waals surface area contributed by atoms with Gasteiger partial charge in [0.1, 0.15) is 5.78 Å². The highest BCUT2D eigenvalue weighted by atomic mass is 16.5.